The molecule has 0 aliphatic carbocycles. The molecule has 3 aromatic carbocycles. The van der Waals surface area contributed by atoms with Crippen LogP contribution >= 0.6 is 34.8 Å². The molecule has 0 aromatic heterocycles. The number of imide groups is 1. The van der Waals surface area contributed by atoms with Gasteiger partial charge in [-0.3, -0.25) is 14.4 Å². The van der Waals surface area contributed by atoms with Gasteiger partial charge in [0.25, 0.3) is 17.7 Å². The first kappa shape index (κ1) is 23.8. The van der Waals surface area contributed by atoms with E-state index in [0.717, 1.165) is 16.0 Å². The number of carbonyl (C=O) groups excluding carboxylic acids is 3. The van der Waals surface area contributed by atoms with Crippen molar-refractivity contribution in [1.82, 2.24) is 0 Å². The zero-order valence-electron chi connectivity index (χ0n) is 18.1. The van der Waals surface area contributed by atoms with Crippen LogP contribution < -0.4 is 15.5 Å². The molecule has 4 rings (SSSR count). The molecule has 0 saturated carbocycles. The fourth-order valence-electron chi connectivity index (χ4n) is 3.47. The lowest BCUT2D eigenvalue weighted by Crippen LogP contribution is -2.32. The fourth-order valence-corrected chi connectivity index (χ4v) is 4.21. The number of halogens is 3. The molecule has 1 aliphatic rings. The Morgan fingerprint density at radius 3 is 2.09 bits per heavy atom. The monoisotopic (exact) mass is 513 g/mol. The molecule has 2 N–H and O–H groups in total. The van der Waals surface area contributed by atoms with Crippen LogP contribution in [0.25, 0.3) is 0 Å². The van der Waals surface area contributed by atoms with Crippen molar-refractivity contribution in [3.05, 3.63) is 98.1 Å². The van der Waals surface area contributed by atoms with Gasteiger partial charge in [-0.1, -0.05) is 46.9 Å². The molecule has 3 amide bonds. The van der Waals surface area contributed by atoms with Crippen molar-refractivity contribution in [2.75, 3.05) is 15.5 Å². The summed E-state index contributed by atoms with van der Waals surface area (Å²) in [6, 6.07) is 16.6. The average molecular weight is 515 g/mol. The van der Waals surface area contributed by atoms with Crippen molar-refractivity contribution in [1.29, 1.82) is 0 Å². The summed E-state index contributed by atoms with van der Waals surface area (Å²) < 4.78 is 0. The fraction of sp³-hybridized carbons (Fsp3) is 0.0800. The molecule has 0 atom stereocenters. The highest BCUT2D eigenvalue weighted by atomic mass is 35.5. The molecular weight excluding hydrogens is 497 g/mol. The molecule has 0 saturated heterocycles. The zero-order chi connectivity index (χ0) is 24.6. The number of hydrogen-bond acceptors (Lipinski definition) is 4. The largest absolute Gasteiger partial charge is 0.350 e. The maximum absolute atomic E-state index is 13.0. The number of aryl methyl sites for hydroxylation is 2. The minimum absolute atomic E-state index is 0.0293. The van der Waals surface area contributed by atoms with Gasteiger partial charge in [0.05, 0.1) is 5.69 Å². The third kappa shape index (κ3) is 4.80. The van der Waals surface area contributed by atoms with E-state index in [2.05, 4.69) is 10.6 Å². The Morgan fingerprint density at radius 2 is 1.44 bits per heavy atom. The number of amides is 3. The normalized spacial score (nSPS) is 13.5. The molecule has 6 nitrogen and oxygen atoms in total. The van der Waals surface area contributed by atoms with E-state index in [4.69, 9.17) is 34.8 Å². The molecule has 9 heteroatoms. The molecule has 1 heterocycles. The van der Waals surface area contributed by atoms with E-state index in [1.807, 2.05) is 26.0 Å². The van der Waals surface area contributed by atoms with E-state index in [-0.39, 0.29) is 16.6 Å². The Balaban J connectivity index is 1.50. The number of anilines is 3. The minimum Gasteiger partial charge on any atom is -0.350 e. The molecule has 0 radical (unpaired) electrons. The van der Waals surface area contributed by atoms with Crippen molar-refractivity contribution in [2.45, 2.75) is 13.8 Å². The van der Waals surface area contributed by atoms with Crippen LogP contribution in [0, 0.1) is 13.8 Å². The lowest BCUT2D eigenvalue weighted by molar-refractivity contribution is -0.120. The predicted molar refractivity (Wildman–Crippen MR) is 136 cm³/mol. The summed E-state index contributed by atoms with van der Waals surface area (Å²) in [5, 5.41) is 6.23. The van der Waals surface area contributed by atoms with Gasteiger partial charge in [-0.05, 0) is 73.5 Å². The first-order valence-electron chi connectivity index (χ1n) is 10.1. The lowest BCUT2D eigenvalue weighted by atomic mass is 10.1. The predicted octanol–water partition coefficient (Wildman–Crippen LogP) is 6.30. The van der Waals surface area contributed by atoms with Gasteiger partial charge >= 0.3 is 0 Å². The molecule has 34 heavy (non-hydrogen) atoms. The second-order valence-electron chi connectivity index (χ2n) is 7.74. The second-order valence-corrected chi connectivity index (χ2v) is 8.99. The minimum atomic E-state index is -0.598. The Labute approximate surface area is 211 Å². The number of carbonyl (C=O) groups is 3. The van der Waals surface area contributed by atoms with Gasteiger partial charge in [0.2, 0.25) is 0 Å². The molecule has 0 bridgehead atoms. The van der Waals surface area contributed by atoms with Crippen LogP contribution in [0.4, 0.5) is 17.1 Å². The van der Waals surface area contributed by atoms with Gasteiger partial charge in [-0.25, -0.2) is 4.90 Å². The topological polar surface area (TPSA) is 78.5 Å². The van der Waals surface area contributed by atoms with Crippen molar-refractivity contribution < 1.29 is 14.4 Å². The number of hydrogen-bond donors (Lipinski definition) is 2. The summed E-state index contributed by atoms with van der Waals surface area (Å²) in [5.74, 6) is -1.52. The SMILES string of the molecule is Cc1ccc(C)c(N2C(=O)C(Cl)=C(Nc3ccc(C(=O)Nc4cc(Cl)cc(Cl)c4)cc3)C2=O)c1. The maximum atomic E-state index is 13.0. The summed E-state index contributed by atoms with van der Waals surface area (Å²) in [7, 11) is 0. The average Bonchev–Trinajstić information content (AvgIpc) is 2.98. The van der Waals surface area contributed by atoms with Crippen LogP contribution in [0.1, 0.15) is 21.5 Å². The lowest BCUT2D eigenvalue weighted by Gasteiger charge is -2.18. The summed E-state index contributed by atoms with van der Waals surface area (Å²) in [6.07, 6.45) is 0. The van der Waals surface area contributed by atoms with Crippen molar-refractivity contribution in [3.63, 3.8) is 0 Å². The van der Waals surface area contributed by atoms with Crippen LogP contribution in [-0.2, 0) is 9.59 Å². The van der Waals surface area contributed by atoms with Gasteiger partial charge in [0.1, 0.15) is 10.7 Å². The Hall–Kier alpha value is -3.32. The standard InChI is InChI=1S/C25H18Cl3N3O3/c1-13-3-4-14(2)20(9-13)31-24(33)21(28)22(25(31)34)29-18-7-5-15(6-8-18)23(32)30-19-11-16(26)10-17(27)12-19/h3-12,29H,1-2H3,(H,30,32). The summed E-state index contributed by atoms with van der Waals surface area (Å²) >= 11 is 18.2. The third-order valence-electron chi connectivity index (χ3n) is 5.17. The van der Waals surface area contributed by atoms with Gasteiger partial charge in [0.15, 0.2) is 0 Å². The highest BCUT2D eigenvalue weighted by Gasteiger charge is 2.39. The molecule has 0 fully saturated rings. The Kier molecular flexibility index (Phi) is 6.66. The first-order chi connectivity index (χ1) is 16.1. The number of nitrogens with zero attached hydrogens (tertiary/aromatic N) is 1. The molecule has 0 spiro atoms. The third-order valence-corrected chi connectivity index (χ3v) is 5.96. The Morgan fingerprint density at radius 1 is 0.794 bits per heavy atom. The van der Waals surface area contributed by atoms with E-state index in [0.29, 0.717) is 32.7 Å². The number of rotatable bonds is 5. The zero-order valence-corrected chi connectivity index (χ0v) is 20.3. The van der Waals surface area contributed by atoms with E-state index < -0.39 is 11.8 Å². The molecule has 0 unspecified atom stereocenters. The van der Waals surface area contributed by atoms with Gasteiger partial charge in [-0.2, -0.15) is 0 Å². The molecule has 1 aliphatic heterocycles. The molecular formula is C25H18Cl3N3O3. The van der Waals surface area contributed by atoms with E-state index in [1.54, 1.807) is 48.5 Å². The van der Waals surface area contributed by atoms with Crippen LogP contribution in [-0.4, -0.2) is 17.7 Å². The van der Waals surface area contributed by atoms with Gasteiger partial charge in [0, 0.05) is 27.0 Å². The van der Waals surface area contributed by atoms with Crippen LogP contribution in [0.15, 0.2) is 71.4 Å². The van der Waals surface area contributed by atoms with Crippen LogP contribution in [0.3, 0.4) is 0 Å². The molecule has 172 valence electrons. The van der Waals surface area contributed by atoms with E-state index in [9.17, 15) is 14.4 Å². The van der Waals surface area contributed by atoms with Crippen LogP contribution in [0.2, 0.25) is 10.0 Å². The Bertz CT molecular complexity index is 1350. The molecule has 3 aromatic rings. The van der Waals surface area contributed by atoms with Gasteiger partial charge in [-0.15, -0.1) is 0 Å². The van der Waals surface area contributed by atoms with E-state index in [1.165, 1.54) is 0 Å². The number of benzene rings is 3. The maximum Gasteiger partial charge on any atom is 0.283 e. The van der Waals surface area contributed by atoms with Crippen LogP contribution in [0.5, 0.6) is 0 Å². The van der Waals surface area contributed by atoms with Crippen molar-refractivity contribution >= 4 is 69.6 Å². The number of nitrogens with one attached hydrogen (secondary N) is 2. The summed E-state index contributed by atoms with van der Waals surface area (Å²) in [6.45, 7) is 3.69. The smallest absolute Gasteiger partial charge is 0.283 e. The second kappa shape index (κ2) is 9.50. The van der Waals surface area contributed by atoms with Gasteiger partial charge < -0.3 is 10.6 Å². The van der Waals surface area contributed by atoms with E-state index >= 15 is 0 Å². The first-order valence-corrected chi connectivity index (χ1v) is 11.3. The summed E-state index contributed by atoms with van der Waals surface area (Å²) in [5.41, 5.74) is 3.45. The van der Waals surface area contributed by atoms with Crippen molar-refractivity contribution in [3.8, 4) is 0 Å². The highest BCUT2D eigenvalue weighted by Crippen LogP contribution is 2.32. The van der Waals surface area contributed by atoms with Crippen molar-refractivity contribution in [2.24, 2.45) is 0 Å². The highest BCUT2D eigenvalue weighted by molar-refractivity contribution is 6.53. The quantitative estimate of drug-likeness (QED) is 0.392. The summed E-state index contributed by atoms with van der Waals surface area (Å²) in [4.78, 5) is 39.4.